The summed E-state index contributed by atoms with van der Waals surface area (Å²) in [7, 11) is 0. The van der Waals surface area contributed by atoms with Crippen molar-refractivity contribution in [3.05, 3.63) is 35.9 Å². The van der Waals surface area contributed by atoms with Crippen molar-refractivity contribution in [2.24, 2.45) is 0 Å². The number of aliphatic hydroxyl groups is 1. The maximum Gasteiger partial charge on any atom is 0.352 e. The van der Waals surface area contributed by atoms with Gasteiger partial charge in [-0.25, -0.2) is 0 Å². The fourth-order valence-corrected chi connectivity index (χ4v) is 1.93. The molecule has 98 valence electrons. The van der Waals surface area contributed by atoms with E-state index in [1.54, 1.807) is 30.3 Å². The first-order chi connectivity index (χ1) is 8.46. The van der Waals surface area contributed by atoms with Crippen molar-refractivity contribution in [2.45, 2.75) is 37.3 Å². The number of nitrogens with one attached hydrogen (secondary N) is 1. The van der Waals surface area contributed by atoms with Crippen molar-refractivity contribution in [3.63, 3.8) is 0 Å². The Hall–Kier alpha value is -1.49. The highest BCUT2D eigenvalue weighted by Crippen LogP contribution is 2.44. The summed E-state index contributed by atoms with van der Waals surface area (Å²) in [6, 6.07) is 8.79. The van der Waals surface area contributed by atoms with Gasteiger partial charge in [-0.1, -0.05) is 30.3 Å². The number of amides is 1. The van der Waals surface area contributed by atoms with Gasteiger partial charge in [0.2, 0.25) is 0 Å². The number of halogens is 2. The van der Waals surface area contributed by atoms with Gasteiger partial charge in [0.05, 0.1) is 0 Å². The Bertz CT molecular complexity index is 430. The summed E-state index contributed by atoms with van der Waals surface area (Å²) in [6.07, 6.45) is 0.468. The zero-order chi connectivity index (χ0) is 13.2. The molecule has 1 saturated carbocycles. The summed E-state index contributed by atoms with van der Waals surface area (Å²) in [5.74, 6) is -5.13. The number of hydrogen-bond acceptors (Lipinski definition) is 2. The molecule has 3 nitrogen and oxygen atoms in total. The Labute approximate surface area is 104 Å². The SMILES string of the molecule is O=C(NCc1ccccc1)C(F)(F)C1(O)CCC1. The lowest BCUT2D eigenvalue weighted by atomic mass is 9.75. The fraction of sp³-hybridized carbons (Fsp3) is 0.462. The van der Waals surface area contributed by atoms with Gasteiger partial charge in [0.15, 0.2) is 0 Å². The van der Waals surface area contributed by atoms with Crippen LogP contribution in [0.2, 0.25) is 0 Å². The highest BCUT2D eigenvalue weighted by atomic mass is 19.3. The minimum absolute atomic E-state index is 0.0290. The number of carbonyl (C=O) groups is 1. The number of alkyl halides is 2. The summed E-state index contributed by atoms with van der Waals surface area (Å²) >= 11 is 0. The largest absolute Gasteiger partial charge is 0.383 e. The Morgan fingerprint density at radius 1 is 1.33 bits per heavy atom. The van der Waals surface area contributed by atoms with Crippen molar-refractivity contribution in [3.8, 4) is 0 Å². The van der Waals surface area contributed by atoms with Crippen molar-refractivity contribution < 1.29 is 18.7 Å². The zero-order valence-electron chi connectivity index (χ0n) is 9.83. The van der Waals surface area contributed by atoms with Crippen LogP contribution in [-0.2, 0) is 11.3 Å². The summed E-state index contributed by atoms with van der Waals surface area (Å²) < 4.78 is 27.4. The second-order valence-electron chi connectivity index (χ2n) is 4.63. The van der Waals surface area contributed by atoms with E-state index in [0.29, 0.717) is 6.42 Å². The maximum absolute atomic E-state index is 13.7. The Morgan fingerprint density at radius 2 is 1.94 bits per heavy atom. The summed E-state index contributed by atoms with van der Waals surface area (Å²) in [5, 5.41) is 11.8. The van der Waals surface area contributed by atoms with Crippen LogP contribution in [0.5, 0.6) is 0 Å². The molecule has 0 bridgehead atoms. The molecule has 1 amide bonds. The van der Waals surface area contributed by atoms with Crippen molar-refractivity contribution >= 4 is 5.91 Å². The average molecular weight is 255 g/mol. The van der Waals surface area contributed by atoms with Gasteiger partial charge in [0, 0.05) is 6.54 Å². The number of hydrogen-bond donors (Lipinski definition) is 2. The van der Waals surface area contributed by atoms with Gasteiger partial charge >= 0.3 is 5.92 Å². The lowest BCUT2D eigenvalue weighted by Gasteiger charge is -2.41. The third kappa shape index (κ3) is 2.22. The molecule has 5 heteroatoms. The van der Waals surface area contributed by atoms with E-state index in [2.05, 4.69) is 5.32 Å². The van der Waals surface area contributed by atoms with Crippen LogP contribution in [0.15, 0.2) is 30.3 Å². The van der Waals surface area contributed by atoms with E-state index in [4.69, 9.17) is 0 Å². The molecule has 1 aliphatic rings. The first kappa shape index (κ1) is 13.0. The molecule has 0 unspecified atom stereocenters. The average Bonchev–Trinajstić information content (AvgIpc) is 2.34. The molecule has 1 fully saturated rings. The minimum atomic E-state index is -3.72. The van der Waals surface area contributed by atoms with Crippen molar-refractivity contribution in [1.82, 2.24) is 5.32 Å². The van der Waals surface area contributed by atoms with Gasteiger partial charge in [-0.2, -0.15) is 8.78 Å². The molecule has 1 aromatic rings. The van der Waals surface area contributed by atoms with Crippen LogP contribution in [-0.4, -0.2) is 22.5 Å². The predicted molar refractivity (Wildman–Crippen MR) is 62.0 cm³/mol. The molecule has 0 spiro atoms. The van der Waals surface area contributed by atoms with Crippen LogP contribution in [0.4, 0.5) is 8.78 Å². The number of carbonyl (C=O) groups excluding carboxylic acids is 1. The smallest absolute Gasteiger partial charge is 0.352 e. The van der Waals surface area contributed by atoms with E-state index < -0.39 is 17.4 Å². The molecule has 0 aliphatic heterocycles. The Kier molecular flexibility index (Phi) is 3.34. The first-order valence-electron chi connectivity index (χ1n) is 5.88. The first-order valence-corrected chi connectivity index (χ1v) is 5.88. The van der Waals surface area contributed by atoms with Gasteiger partial charge in [0.25, 0.3) is 5.91 Å². The second-order valence-corrected chi connectivity index (χ2v) is 4.63. The molecule has 2 rings (SSSR count). The Morgan fingerprint density at radius 3 is 2.44 bits per heavy atom. The van der Waals surface area contributed by atoms with Crippen LogP contribution >= 0.6 is 0 Å². The van der Waals surface area contributed by atoms with E-state index in [0.717, 1.165) is 5.56 Å². The standard InChI is InChI=1S/C13H15F2NO2/c14-13(15,12(18)7-4-8-12)11(17)16-9-10-5-2-1-3-6-10/h1-3,5-6,18H,4,7-9H2,(H,16,17). The highest BCUT2D eigenvalue weighted by molar-refractivity contribution is 5.85. The number of rotatable bonds is 4. The van der Waals surface area contributed by atoms with E-state index >= 15 is 0 Å². The summed E-state index contributed by atoms with van der Waals surface area (Å²) in [6.45, 7) is 0.0331. The molecule has 1 aromatic carbocycles. The van der Waals surface area contributed by atoms with Gasteiger partial charge in [-0.05, 0) is 24.8 Å². The summed E-state index contributed by atoms with van der Waals surface area (Å²) in [5.41, 5.74) is -1.42. The molecule has 2 N–H and O–H groups in total. The molecule has 0 saturated heterocycles. The quantitative estimate of drug-likeness (QED) is 0.862. The van der Waals surface area contributed by atoms with E-state index in [1.807, 2.05) is 0 Å². The molecular weight excluding hydrogens is 240 g/mol. The fourth-order valence-electron chi connectivity index (χ4n) is 1.93. The monoisotopic (exact) mass is 255 g/mol. The van der Waals surface area contributed by atoms with E-state index in [-0.39, 0.29) is 19.4 Å². The van der Waals surface area contributed by atoms with Gasteiger partial charge in [-0.3, -0.25) is 4.79 Å². The second kappa shape index (κ2) is 4.65. The van der Waals surface area contributed by atoms with E-state index in [9.17, 15) is 18.7 Å². The summed E-state index contributed by atoms with van der Waals surface area (Å²) in [4.78, 5) is 11.5. The van der Waals surface area contributed by atoms with Crippen LogP contribution in [0.25, 0.3) is 0 Å². The Balaban J connectivity index is 1.95. The lowest BCUT2D eigenvalue weighted by molar-refractivity contribution is -0.216. The maximum atomic E-state index is 13.7. The molecule has 1 aliphatic carbocycles. The third-order valence-electron chi connectivity index (χ3n) is 3.35. The third-order valence-corrected chi connectivity index (χ3v) is 3.35. The van der Waals surface area contributed by atoms with Crippen LogP contribution in [0, 0.1) is 0 Å². The molecule has 18 heavy (non-hydrogen) atoms. The van der Waals surface area contributed by atoms with Crippen molar-refractivity contribution in [1.29, 1.82) is 0 Å². The van der Waals surface area contributed by atoms with Crippen LogP contribution < -0.4 is 5.32 Å². The predicted octanol–water partition coefficient (Wildman–Crippen LogP) is 1.85. The normalized spacial score (nSPS) is 17.9. The van der Waals surface area contributed by atoms with E-state index in [1.165, 1.54) is 0 Å². The van der Waals surface area contributed by atoms with Crippen LogP contribution in [0.1, 0.15) is 24.8 Å². The molecular formula is C13H15F2NO2. The molecule has 0 atom stereocenters. The molecule has 0 aromatic heterocycles. The minimum Gasteiger partial charge on any atom is -0.383 e. The lowest BCUT2D eigenvalue weighted by Crippen LogP contribution is -2.60. The highest BCUT2D eigenvalue weighted by Gasteiger charge is 2.60. The van der Waals surface area contributed by atoms with Gasteiger partial charge in [0.1, 0.15) is 5.60 Å². The van der Waals surface area contributed by atoms with Gasteiger partial charge < -0.3 is 10.4 Å². The van der Waals surface area contributed by atoms with Crippen LogP contribution in [0.3, 0.4) is 0 Å². The molecule has 0 radical (unpaired) electrons. The van der Waals surface area contributed by atoms with Gasteiger partial charge in [-0.15, -0.1) is 0 Å². The van der Waals surface area contributed by atoms with Crippen molar-refractivity contribution in [2.75, 3.05) is 0 Å². The number of benzene rings is 1. The topological polar surface area (TPSA) is 49.3 Å². The zero-order valence-corrected chi connectivity index (χ0v) is 9.83. The molecule has 0 heterocycles.